The minimum absolute atomic E-state index is 0.714. The second-order valence-corrected chi connectivity index (χ2v) is 5.86. The van der Waals surface area contributed by atoms with E-state index >= 15 is 0 Å². The summed E-state index contributed by atoms with van der Waals surface area (Å²) < 4.78 is 0. The Bertz CT molecular complexity index is 719. The van der Waals surface area contributed by atoms with E-state index in [-0.39, 0.29) is 0 Å². The van der Waals surface area contributed by atoms with Gasteiger partial charge in [0.25, 0.3) is 0 Å². The van der Waals surface area contributed by atoms with Gasteiger partial charge in [-0.2, -0.15) is 0 Å². The number of halogens is 1. The first-order chi connectivity index (χ1) is 9.72. The first kappa shape index (κ1) is 13.2. The van der Waals surface area contributed by atoms with Crippen LogP contribution in [0.4, 0.5) is 10.8 Å². The number of anilines is 2. The van der Waals surface area contributed by atoms with E-state index in [9.17, 15) is 0 Å². The van der Waals surface area contributed by atoms with Crippen LogP contribution in [0.3, 0.4) is 0 Å². The lowest BCUT2D eigenvalue weighted by atomic mass is 10.1. The predicted octanol–water partition coefficient (Wildman–Crippen LogP) is 4.93. The summed E-state index contributed by atoms with van der Waals surface area (Å²) in [5, 5.41) is 7.09. The highest BCUT2D eigenvalue weighted by molar-refractivity contribution is 7.13. The van der Waals surface area contributed by atoms with Crippen LogP contribution in [0, 0.1) is 6.92 Å². The number of nitrogens with one attached hydrogen (secondary N) is 2. The van der Waals surface area contributed by atoms with Gasteiger partial charge in [-0.1, -0.05) is 64.9 Å². The van der Waals surface area contributed by atoms with Crippen LogP contribution in [-0.4, -0.2) is 0 Å². The summed E-state index contributed by atoms with van der Waals surface area (Å²) in [5.74, 6) is 0. The maximum atomic E-state index is 6.14. The van der Waals surface area contributed by atoms with Crippen LogP contribution >= 0.6 is 22.9 Å². The Labute approximate surface area is 127 Å². The van der Waals surface area contributed by atoms with Gasteiger partial charge in [-0.25, -0.2) is 10.3 Å². The number of H-pyrrole nitrogens is 1. The maximum absolute atomic E-state index is 6.14. The highest BCUT2D eigenvalue weighted by atomic mass is 35.5. The monoisotopic (exact) mass is 301 g/mol. The average molecular weight is 302 g/mol. The van der Waals surface area contributed by atoms with E-state index in [4.69, 9.17) is 11.6 Å². The van der Waals surface area contributed by atoms with E-state index in [1.165, 1.54) is 11.1 Å². The van der Waals surface area contributed by atoms with E-state index in [1.807, 2.05) is 24.3 Å². The number of aryl methyl sites for hydroxylation is 1. The lowest BCUT2D eigenvalue weighted by molar-refractivity contribution is -0.340. The third-order valence-electron chi connectivity index (χ3n) is 3.03. The van der Waals surface area contributed by atoms with Crippen LogP contribution in [0.15, 0.2) is 53.9 Å². The molecule has 100 valence electrons. The fourth-order valence-corrected chi connectivity index (χ4v) is 2.87. The molecule has 0 radical (unpaired) electrons. The topological polar surface area (TPSA) is 26.2 Å². The fraction of sp³-hybridized carbons (Fsp3) is 0.0625. The van der Waals surface area contributed by atoms with Gasteiger partial charge in [0.05, 0.1) is 5.02 Å². The van der Waals surface area contributed by atoms with Crippen LogP contribution in [0.5, 0.6) is 0 Å². The zero-order valence-corrected chi connectivity index (χ0v) is 12.6. The molecule has 4 heteroatoms. The number of rotatable bonds is 3. The molecule has 0 aliphatic rings. The first-order valence-corrected chi connectivity index (χ1v) is 7.57. The second kappa shape index (κ2) is 5.65. The molecule has 0 bridgehead atoms. The Balaban J connectivity index is 1.84. The molecule has 3 rings (SSSR count). The summed E-state index contributed by atoms with van der Waals surface area (Å²) in [4.78, 5) is 3.37. The number of aromatic nitrogens is 1. The summed E-state index contributed by atoms with van der Waals surface area (Å²) in [6.07, 6.45) is 0. The van der Waals surface area contributed by atoms with Crippen molar-refractivity contribution in [2.45, 2.75) is 6.92 Å². The van der Waals surface area contributed by atoms with Crippen LogP contribution in [0.2, 0.25) is 5.02 Å². The second-order valence-electron chi connectivity index (χ2n) is 4.57. The Hall–Kier alpha value is -1.84. The van der Waals surface area contributed by atoms with Gasteiger partial charge >= 0.3 is 5.13 Å². The molecule has 1 aromatic heterocycles. The minimum Gasteiger partial charge on any atom is -0.230 e. The van der Waals surface area contributed by atoms with E-state index in [1.54, 1.807) is 11.3 Å². The molecule has 3 aromatic rings. The van der Waals surface area contributed by atoms with Crippen molar-refractivity contribution >= 4 is 33.8 Å². The van der Waals surface area contributed by atoms with Crippen molar-refractivity contribution in [1.82, 2.24) is 0 Å². The van der Waals surface area contributed by atoms with Gasteiger partial charge < -0.3 is 0 Å². The van der Waals surface area contributed by atoms with Crippen LogP contribution in [0.1, 0.15) is 5.56 Å². The normalized spacial score (nSPS) is 10.5. The van der Waals surface area contributed by atoms with E-state index in [0.29, 0.717) is 5.02 Å². The molecular formula is C16H14ClN2S+. The van der Waals surface area contributed by atoms with E-state index in [0.717, 1.165) is 16.5 Å². The van der Waals surface area contributed by atoms with E-state index < -0.39 is 0 Å². The van der Waals surface area contributed by atoms with Crippen LogP contribution in [0.25, 0.3) is 11.3 Å². The fourth-order valence-electron chi connectivity index (χ4n) is 1.92. The molecule has 0 saturated heterocycles. The standard InChI is InChI=1S/C16H13ClN2S/c1-11-6-8-12(9-7-11)15-10-20-16(19-15)18-14-5-3-2-4-13(14)17/h2-10H,1H3,(H,18,19)/p+1. The van der Waals surface area contributed by atoms with Gasteiger partial charge in [-0.15, -0.1) is 0 Å². The van der Waals surface area contributed by atoms with Crippen LogP contribution < -0.4 is 10.3 Å². The molecule has 0 fully saturated rings. The van der Waals surface area contributed by atoms with Gasteiger partial charge in [-0.05, 0) is 19.1 Å². The summed E-state index contributed by atoms with van der Waals surface area (Å²) >= 11 is 7.77. The van der Waals surface area contributed by atoms with Crippen LogP contribution in [-0.2, 0) is 0 Å². The van der Waals surface area contributed by atoms with Gasteiger partial charge in [0.1, 0.15) is 11.4 Å². The Morgan fingerprint density at radius 3 is 2.55 bits per heavy atom. The Morgan fingerprint density at radius 1 is 1.05 bits per heavy atom. The first-order valence-electron chi connectivity index (χ1n) is 6.32. The molecule has 0 aliphatic heterocycles. The van der Waals surface area contributed by atoms with E-state index in [2.05, 4.69) is 46.9 Å². The van der Waals surface area contributed by atoms with Crippen molar-refractivity contribution in [3.8, 4) is 11.3 Å². The number of benzene rings is 2. The zero-order chi connectivity index (χ0) is 13.9. The zero-order valence-electron chi connectivity index (χ0n) is 11.0. The van der Waals surface area contributed by atoms with Gasteiger partial charge in [-0.3, -0.25) is 0 Å². The Kier molecular flexibility index (Phi) is 3.72. The van der Waals surface area contributed by atoms with Crippen molar-refractivity contribution in [2.75, 3.05) is 5.32 Å². The van der Waals surface area contributed by atoms with Crippen molar-refractivity contribution < 1.29 is 4.98 Å². The predicted molar refractivity (Wildman–Crippen MR) is 85.8 cm³/mol. The maximum Gasteiger partial charge on any atom is 0.337 e. The molecule has 20 heavy (non-hydrogen) atoms. The van der Waals surface area contributed by atoms with Gasteiger partial charge in [0.2, 0.25) is 0 Å². The largest absolute Gasteiger partial charge is 0.337 e. The Morgan fingerprint density at radius 2 is 1.80 bits per heavy atom. The number of para-hydroxylation sites is 1. The molecule has 2 aromatic carbocycles. The highest BCUT2D eigenvalue weighted by Crippen LogP contribution is 2.27. The lowest BCUT2D eigenvalue weighted by Crippen LogP contribution is -2.07. The van der Waals surface area contributed by atoms with Crippen molar-refractivity contribution in [1.29, 1.82) is 0 Å². The molecule has 1 heterocycles. The molecule has 2 N–H and O–H groups in total. The molecule has 0 saturated carbocycles. The smallest absolute Gasteiger partial charge is 0.230 e. The lowest BCUT2D eigenvalue weighted by Gasteiger charge is -1.98. The number of aromatic amines is 1. The van der Waals surface area contributed by atoms with Crippen molar-refractivity contribution in [2.24, 2.45) is 0 Å². The SMILES string of the molecule is Cc1ccc(-c2csc(Nc3ccccc3Cl)[nH+]2)cc1. The summed E-state index contributed by atoms with van der Waals surface area (Å²) in [5.41, 5.74) is 4.45. The number of thiazole rings is 1. The molecule has 0 unspecified atom stereocenters. The average Bonchev–Trinajstić information content (AvgIpc) is 2.91. The minimum atomic E-state index is 0.714. The van der Waals surface area contributed by atoms with Gasteiger partial charge in [0, 0.05) is 10.9 Å². The van der Waals surface area contributed by atoms with Crippen molar-refractivity contribution in [3.05, 3.63) is 64.5 Å². The highest BCUT2D eigenvalue weighted by Gasteiger charge is 2.12. The number of hydrogen-bond donors (Lipinski definition) is 1. The quantitative estimate of drug-likeness (QED) is 0.729. The summed E-state index contributed by atoms with van der Waals surface area (Å²) in [6.45, 7) is 2.09. The molecule has 0 atom stereocenters. The summed E-state index contributed by atoms with van der Waals surface area (Å²) in [6, 6.07) is 16.2. The molecule has 0 spiro atoms. The molecule has 2 nitrogen and oxygen atoms in total. The summed E-state index contributed by atoms with van der Waals surface area (Å²) in [7, 11) is 0. The van der Waals surface area contributed by atoms with Crippen molar-refractivity contribution in [3.63, 3.8) is 0 Å². The molecular weight excluding hydrogens is 288 g/mol. The third-order valence-corrected chi connectivity index (χ3v) is 4.15. The third kappa shape index (κ3) is 2.84. The van der Waals surface area contributed by atoms with Gasteiger partial charge in [0.15, 0.2) is 0 Å². The molecule has 0 amide bonds. The number of hydrogen-bond acceptors (Lipinski definition) is 2. The molecule has 0 aliphatic carbocycles.